The van der Waals surface area contributed by atoms with Crippen LogP contribution in [-0.2, 0) is 0 Å². The lowest BCUT2D eigenvalue weighted by Crippen LogP contribution is -2.47. The Morgan fingerprint density at radius 3 is 2.12 bits per heavy atom. The zero-order chi connectivity index (χ0) is 22.7. The summed E-state index contributed by atoms with van der Waals surface area (Å²) in [6.45, 7) is 4.66. The van der Waals surface area contributed by atoms with Gasteiger partial charge < -0.3 is 20.2 Å². The van der Waals surface area contributed by atoms with Gasteiger partial charge in [0.1, 0.15) is 0 Å². The quantitative estimate of drug-likeness (QED) is 0.578. The Labute approximate surface area is 192 Å². The summed E-state index contributed by atoms with van der Waals surface area (Å²) in [6.07, 6.45) is 0. The first-order valence-corrected chi connectivity index (χ1v) is 10.8. The van der Waals surface area contributed by atoms with E-state index < -0.39 is 5.97 Å². The first-order chi connectivity index (χ1) is 15.4. The van der Waals surface area contributed by atoms with Gasteiger partial charge in [0, 0.05) is 37.4 Å². The van der Waals surface area contributed by atoms with Crippen LogP contribution in [0.15, 0.2) is 66.7 Å². The molecule has 32 heavy (non-hydrogen) atoms. The standard InChI is InChI=1S/C25H24ClN3O3/c1-17-6-2-3-7-19(17)24(30)27-18-10-11-22(20(16-18)25(31)32)28-12-14-29(15-13-28)23-9-5-4-8-21(23)26/h2-11,16H,12-15H2,1H3,(H,27,30)(H,31,32). The SMILES string of the molecule is Cc1ccccc1C(=O)Nc1ccc(N2CCN(c3ccccc3Cl)CC2)c(C(=O)O)c1. The zero-order valence-electron chi connectivity index (χ0n) is 17.7. The van der Waals surface area contributed by atoms with Gasteiger partial charge in [-0.1, -0.05) is 41.9 Å². The van der Waals surface area contributed by atoms with Gasteiger partial charge in [-0.2, -0.15) is 0 Å². The highest BCUT2D eigenvalue weighted by atomic mass is 35.5. The number of carbonyl (C=O) groups is 2. The van der Waals surface area contributed by atoms with Crippen molar-refractivity contribution < 1.29 is 14.7 Å². The Kier molecular flexibility index (Phi) is 6.32. The van der Waals surface area contributed by atoms with E-state index in [4.69, 9.17) is 11.6 Å². The maximum absolute atomic E-state index is 12.6. The molecule has 0 aromatic heterocycles. The number of benzene rings is 3. The minimum Gasteiger partial charge on any atom is -0.478 e. The monoisotopic (exact) mass is 449 g/mol. The molecule has 1 saturated heterocycles. The molecule has 1 heterocycles. The summed E-state index contributed by atoms with van der Waals surface area (Å²) < 4.78 is 0. The molecule has 0 spiro atoms. The Bertz CT molecular complexity index is 1160. The van der Waals surface area contributed by atoms with E-state index in [-0.39, 0.29) is 11.5 Å². The van der Waals surface area contributed by atoms with Crippen molar-refractivity contribution in [2.45, 2.75) is 6.92 Å². The van der Waals surface area contributed by atoms with Crippen molar-refractivity contribution in [3.8, 4) is 0 Å². The van der Waals surface area contributed by atoms with Crippen molar-refractivity contribution in [3.05, 3.63) is 88.4 Å². The molecule has 1 aliphatic rings. The second kappa shape index (κ2) is 9.32. The summed E-state index contributed by atoms with van der Waals surface area (Å²) in [7, 11) is 0. The number of rotatable bonds is 5. The molecule has 3 aromatic rings. The number of carboxylic acids is 1. The van der Waals surface area contributed by atoms with Crippen molar-refractivity contribution in [1.29, 1.82) is 0 Å². The maximum Gasteiger partial charge on any atom is 0.337 e. The number of anilines is 3. The number of piperazine rings is 1. The van der Waals surface area contributed by atoms with Crippen molar-refractivity contribution in [3.63, 3.8) is 0 Å². The van der Waals surface area contributed by atoms with Gasteiger partial charge in [-0.25, -0.2) is 4.79 Å². The molecule has 0 atom stereocenters. The van der Waals surface area contributed by atoms with Crippen molar-refractivity contribution >= 4 is 40.5 Å². The Hall–Kier alpha value is -3.51. The van der Waals surface area contributed by atoms with Crippen LogP contribution in [-0.4, -0.2) is 43.2 Å². The third kappa shape index (κ3) is 4.55. The van der Waals surface area contributed by atoms with Crippen LogP contribution in [0.4, 0.5) is 17.1 Å². The first-order valence-electron chi connectivity index (χ1n) is 10.4. The average molecular weight is 450 g/mol. The van der Waals surface area contributed by atoms with E-state index in [1.54, 1.807) is 24.3 Å². The Balaban J connectivity index is 1.50. The lowest BCUT2D eigenvalue weighted by atomic mass is 10.1. The summed E-state index contributed by atoms with van der Waals surface area (Å²) in [4.78, 5) is 28.9. The maximum atomic E-state index is 12.6. The van der Waals surface area contributed by atoms with Crippen LogP contribution in [0.1, 0.15) is 26.3 Å². The molecule has 164 valence electrons. The number of carboxylic acid groups (broad SMARTS) is 1. The van der Waals surface area contributed by atoms with Crippen LogP contribution >= 0.6 is 11.6 Å². The number of carbonyl (C=O) groups excluding carboxylic acids is 1. The first kappa shape index (κ1) is 21.7. The summed E-state index contributed by atoms with van der Waals surface area (Å²) in [6, 6.07) is 20.0. The molecule has 0 radical (unpaired) electrons. The predicted octanol–water partition coefficient (Wildman–Crippen LogP) is 4.93. The second-order valence-electron chi connectivity index (χ2n) is 7.73. The molecular weight excluding hydrogens is 426 g/mol. The van der Waals surface area contributed by atoms with Crippen LogP contribution in [0.2, 0.25) is 5.02 Å². The normalized spacial score (nSPS) is 13.7. The van der Waals surface area contributed by atoms with E-state index in [1.807, 2.05) is 43.3 Å². The van der Waals surface area contributed by atoms with Gasteiger partial charge >= 0.3 is 5.97 Å². The molecular formula is C25H24ClN3O3. The fourth-order valence-corrected chi connectivity index (χ4v) is 4.24. The number of hydrogen-bond acceptors (Lipinski definition) is 4. The van der Waals surface area contributed by atoms with E-state index >= 15 is 0 Å². The van der Waals surface area contributed by atoms with Crippen LogP contribution in [0.25, 0.3) is 0 Å². The number of aromatic carboxylic acids is 1. The third-order valence-corrected chi connectivity index (χ3v) is 6.01. The molecule has 1 amide bonds. The number of nitrogens with one attached hydrogen (secondary N) is 1. The third-order valence-electron chi connectivity index (χ3n) is 5.69. The van der Waals surface area contributed by atoms with Crippen LogP contribution < -0.4 is 15.1 Å². The number of halogens is 1. The summed E-state index contributed by atoms with van der Waals surface area (Å²) in [5.74, 6) is -1.29. The van der Waals surface area contributed by atoms with Crippen molar-refractivity contribution in [1.82, 2.24) is 0 Å². The average Bonchev–Trinajstić information content (AvgIpc) is 2.80. The van der Waals surface area contributed by atoms with E-state index in [9.17, 15) is 14.7 Å². The molecule has 1 aliphatic heterocycles. The van der Waals surface area contributed by atoms with Gasteiger partial charge in [-0.15, -0.1) is 0 Å². The number of para-hydroxylation sites is 1. The highest BCUT2D eigenvalue weighted by molar-refractivity contribution is 6.33. The van der Waals surface area contributed by atoms with Gasteiger partial charge in [0.2, 0.25) is 0 Å². The number of aryl methyl sites for hydroxylation is 1. The molecule has 7 heteroatoms. The van der Waals surface area contributed by atoms with Crippen LogP contribution in [0.5, 0.6) is 0 Å². The molecule has 2 N–H and O–H groups in total. The van der Waals surface area contributed by atoms with E-state index in [1.165, 1.54) is 6.07 Å². The Morgan fingerprint density at radius 1 is 0.844 bits per heavy atom. The largest absolute Gasteiger partial charge is 0.478 e. The predicted molar refractivity (Wildman–Crippen MR) is 128 cm³/mol. The molecule has 3 aromatic carbocycles. The van der Waals surface area contributed by atoms with E-state index in [2.05, 4.69) is 15.1 Å². The zero-order valence-corrected chi connectivity index (χ0v) is 18.5. The summed E-state index contributed by atoms with van der Waals surface area (Å²) in [5.41, 5.74) is 3.67. The van der Waals surface area contributed by atoms with Crippen LogP contribution in [0.3, 0.4) is 0 Å². The lowest BCUT2D eigenvalue weighted by Gasteiger charge is -2.38. The van der Waals surface area contributed by atoms with Gasteiger partial charge in [-0.3, -0.25) is 4.79 Å². The molecule has 0 unspecified atom stereocenters. The summed E-state index contributed by atoms with van der Waals surface area (Å²) >= 11 is 6.32. The molecule has 0 saturated carbocycles. The van der Waals surface area contributed by atoms with Gasteiger partial charge in [0.25, 0.3) is 5.91 Å². The van der Waals surface area contributed by atoms with Crippen molar-refractivity contribution in [2.24, 2.45) is 0 Å². The number of amides is 1. The number of nitrogens with zero attached hydrogens (tertiary/aromatic N) is 2. The highest BCUT2D eigenvalue weighted by Crippen LogP contribution is 2.29. The minimum atomic E-state index is -1.03. The summed E-state index contributed by atoms with van der Waals surface area (Å²) in [5, 5.41) is 13.3. The van der Waals surface area contributed by atoms with E-state index in [0.29, 0.717) is 35.1 Å². The van der Waals surface area contributed by atoms with Gasteiger partial charge in [-0.05, 0) is 48.9 Å². The fraction of sp³-hybridized carbons (Fsp3) is 0.200. The minimum absolute atomic E-state index is 0.166. The highest BCUT2D eigenvalue weighted by Gasteiger charge is 2.23. The second-order valence-corrected chi connectivity index (χ2v) is 8.14. The fourth-order valence-electron chi connectivity index (χ4n) is 3.98. The Morgan fingerprint density at radius 2 is 1.47 bits per heavy atom. The smallest absolute Gasteiger partial charge is 0.337 e. The molecule has 0 aliphatic carbocycles. The topological polar surface area (TPSA) is 72.9 Å². The van der Waals surface area contributed by atoms with Crippen LogP contribution in [0, 0.1) is 6.92 Å². The van der Waals surface area contributed by atoms with Crippen molar-refractivity contribution in [2.75, 3.05) is 41.3 Å². The molecule has 4 rings (SSSR count). The molecule has 0 bridgehead atoms. The lowest BCUT2D eigenvalue weighted by molar-refractivity contribution is 0.0697. The molecule has 1 fully saturated rings. The van der Waals surface area contributed by atoms with Gasteiger partial charge in [0.15, 0.2) is 0 Å². The van der Waals surface area contributed by atoms with Gasteiger partial charge in [0.05, 0.1) is 22.0 Å². The number of hydrogen-bond donors (Lipinski definition) is 2. The molecule has 6 nitrogen and oxygen atoms in total. The van der Waals surface area contributed by atoms with E-state index in [0.717, 1.165) is 24.3 Å².